The minimum atomic E-state index is -0.544. The highest BCUT2D eigenvalue weighted by Crippen LogP contribution is 2.30. The standard InChI is InChI=1S/C21H21FN4O2S/c22-17-6-2-1-4-15(17)18-12-29-21(26-18)25-13-7-9-14(10-8-13)28-20-16(19(23)27)5-3-11-24-20/h1-6,11-14H,7-10H2,(H2,23,27)(H,25,26)/t13-,14-. The van der Waals surface area contributed by atoms with Gasteiger partial charge in [-0.05, 0) is 49.9 Å². The number of anilines is 1. The van der Waals surface area contributed by atoms with Crippen LogP contribution in [0.25, 0.3) is 11.3 Å². The van der Waals surface area contributed by atoms with Gasteiger partial charge in [0.05, 0.1) is 5.69 Å². The van der Waals surface area contributed by atoms with Crippen LogP contribution < -0.4 is 15.8 Å². The minimum absolute atomic E-state index is 0.00804. The monoisotopic (exact) mass is 412 g/mol. The van der Waals surface area contributed by atoms with E-state index in [1.54, 1.807) is 36.5 Å². The van der Waals surface area contributed by atoms with Gasteiger partial charge in [0.15, 0.2) is 5.13 Å². The Morgan fingerprint density at radius 3 is 2.72 bits per heavy atom. The van der Waals surface area contributed by atoms with Gasteiger partial charge in [0, 0.05) is 23.2 Å². The Balaban J connectivity index is 1.33. The number of carbonyl (C=O) groups is 1. The number of rotatable bonds is 6. The predicted octanol–water partition coefficient (Wildman–Crippen LogP) is 4.25. The third kappa shape index (κ3) is 4.54. The quantitative estimate of drug-likeness (QED) is 0.632. The van der Waals surface area contributed by atoms with E-state index in [1.165, 1.54) is 17.4 Å². The smallest absolute Gasteiger partial charge is 0.254 e. The van der Waals surface area contributed by atoms with E-state index in [9.17, 15) is 9.18 Å². The summed E-state index contributed by atoms with van der Waals surface area (Å²) in [6.45, 7) is 0. The molecule has 8 heteroatoms. The molecule has 0 atom stereocenters. The predicted molar refractivity (Wildman–Crippen MR) is 111 cm³/mol. The summed E-state index contributed by atoms with van der Waals surface area (Å²) in [6.07, 6.45) is 5.04. The van der Waals surface area contributed by atoms with Gasteiger partial charge < -0.3 is 15.8 Å². The third-order valence-corrected chi connectivity index (χ3v) is 5.74. The lowest BCUT2D eigenvalue weighted by Gasteiger charge is -2.29. The fourth-order valence-corrected chi connectivity index (χ4v) is 4.25. The molecule has 0 bridgehead atoms. The summed E-state index contributed by atoms with van der Waals surface area (Å²) in [4.78, 5) is 20.2. The van der Waals surface area contributed by atoms with Crippen molar-refractivity contribution in [3.05, 3.63) is 59.4 Å². The van der Waals surface area contributed by atoms with Gasteiger partial charge in [-0.25, -0.2) is 14.4 Å². The lowest BCUT2D eigenvalue weighted by molar-refractivity contribution is 0.0983. The Morgan fingerprint density at radius 1 is 1.17 bits per heavy atom. The van der Waals surface area contributed by atoms with Crippen LogP contribution in [0.15, 0.2) is 48.0 Å². The number of halogens is 1. The molecule has 1 aromatic carbocycles. The number of nitrogens with two attached hydrogens (primary N) is 1. The molecule has 0 unspecified atom stereocenters. The lowest BCUT2D eigenvalue weighted by Crippen LogP contribution is -2.31. The average molecular weight is 412 g/mol. The molecule has 3 aromatic rings. The van der Waals surface area contributed by atoms with Crippen LogP contribution in [-0.2, 0) is 0 Å². The first kappa shape index (κ1) is 19.3. The fourth-order valence-electron chi connectivity index (χ4n) is 3.46. The van der Waals surface area contributed by atoms with Crippen LogP contribution in [0.4, 0.5) is 9.52 Å². The van der Waals surface area contributed by atoms with Crippen molar-refractivity contribution in [2.45, 2.75) is 37.8 Å². The number of hydrogen-bond acceptors (Lipinski definition) is 6. The van der Waals surface area contributed by atoms with Crippen molar-refractivity contribution >= 4 is 22.4 Å². The Kier molecular flexibility index (Phi) is 5.71. The first-order valence-electron chi connectivity index (χ1n) is 9.48. The van der Waals surface area contributed by atoms with Gasteiger partial charge in [-0.15, -0.1) is 11.3 Å². The summed E-state index contributed by atoms with van der Waals surface area (Å²) in [7, 11) is 0. The van der Waals surface area contributed by atoms with E-state index < -0.39 is 5.91 Å². The van der Waals surface area contributed by atoms with Crippen molar-refractivity contribution in [3.63, 3.8) is 0 Å². The first-order chi connectivity index (χ1) is 14.1. The number of pyridine rings is 1. The molecule has 1 aliphatic carbocycles. The topological polar surface area (TPSA) is 90.1 Å². The second-order valence-corrected chi connectivity index (χ2v) is 7.83. The molecular formula is C21H21FN4O2S. The van der Waals surface area contributed by atoms with Gasteiger partial charge in [0.2, 0.25) is 5.88 Å². The van der Waals surface area contributed by atoms with Crippen LogP contribution in [0, 0.1) is 5.82 Å². The lowest BCUT2D eigenvalue weighted by atomic mass is 9.93. The zero-order chi connectivity index (χ0) is 20.2. The third-order valence-electron chi connectivity index (χ3n) is 4.97. The summed E-state index contributed by atoms with van der Waals surface area (Å²) in [5.74, 6) is -0.518. The number of ether oxygens (including phenoxy) is 1. The highest BCUT2D eigenvalue weighted by molar-refractivity contribution is 7.14. The number of amides is 1. The van der Waals surface area contributed by atoms with Crippen molar-refractivity contribution in [1.29, 1.82) is 0 Å². The molecule has 1 saturated carbocycles. The minimum Gasteiger partial charge on any atom is -0.474 e. The summed E-state index contributed by atoms with van der Waals surface area (Å²) < 4.78 is 19.9. The van der Waals surface area contributed by atoms with Gasteiger partial charge in [0.25, 0.3) is 5.91 Å². The van der Waals surface area contributed by atoms with E-state index in [0.29, 0.717) is 22.7 Å². The fraction of sp³-hybridized carbons (Fsp3) is 0.286. The first-order valence-corrected chi connectivity index (χ1v) is 10.4. The molecule has 1 fully saturated rings. The summed E-state index contributed by atoms with van der Waals surface area (Å²) in [5.41, 5.74) is 6.83. The molecule has 29 heavy (non-hydrogen) atoms. The largest absolute Gasteiger partial charge is 0.474 e. The van der Waals surface area contributed by atoms with Crippen molar-refractivity contribution in [2.24, 2.45) is 5.73 Å². The second-order valence-electron chi connectivity index (χ2n) is 6.97. The van der Waals surface area contributed by atoms with Crippen LogP contribution in [-0.4, -0.2) is 28.0 Å². The summed E-state index contributed by atoms with van der Waals surface area (Å²) in [5, 5.41) is 6.09. The number of thiazole rings is 1. The van der Waals surface area contributed by atoms with Crippen LogP contribution in [0.1, 0.15) is 36.0 Å². The average Bonchev–Trinajstić information content (AvgIpc) is 3.18. The molecule has 0 spiro atoms. The van der Waals surface area contributed by atoms with E-state index >= 15 is 0 Å². The molecule has 150 valence electrons. The van der Waals surface area contributed by atoms with E-state index in [-0.39, 0.29) is 18.0 Å². The zero-order valence-electron chi connectivity index (χ0n) is 15.7. The van der Waals surface area contributed by atoms with E-state index in [4.69, 9.17) is 10.5 Å². The van der Waals surface area contributed by atoms with Crippen molar-refractivity contribution in [1.82, 2.24) is 9.97 Å². The Labute approximate surface area is 172 Å². The molecule has 1 aliphatic rings. The van der Waals surface area contributed by atoms with Crippen molar-refractivity contribution in [3.8, 4) is 17.1 Å². The van der Waals surface area contributed by atoms with Crippen LogP contribution in [0.3, 0.4) is 0 Å². The van der Waals surface area contributed by atoms with Crippen molar-refractivity contribution in [2.75, 3.05) is 5.32 Å². The maximum absolute atomic E-state index is 13.9. The van der Waals surface area contributed by atoms with Gasteiger partial charge >= 0.3 is 0 Å². The number of benzene rings is 1. The van der Waals surface area contributed by atoms with E-state index in [1.807, 2.05) is 5.38 Å². The Bertz CT molecular complexity index is 1000. The maximum Gasteiger partial charge on any atom is 0.254 e. The highest BCUT2D eigenvalue weighted by Gasteiger charge is 2.25. The van der Waals surface area contributed by atoms with Crippen molar-refractivity contribution < 1.29 is 13.9 Å². The molecular weight excluding hydrogens is 391 g/mol. The molecule has 0 saturated heterocycles. The molecule has 6 nitrogen and oxygen atoms in total. The van der Waals surface area contributed by atoms with Gasteiger partial charge in [-0.3, -0.25) is 4.79 Å². The number of primary amides is 1. The molecule has 2 heterocycles. The highest BCUT2D eigenvalue weighted by atomic mass is 32.1. The van der Waals surface area contributed by atoms with Crippen LogP contribution in [0.2, 0.25) is 0 Å². The number of hydrogen-bond donors (Lipinski definition) is 2. The Morgan fingerprint density at radius 2 is 1.97 bits per heavy atom. The van der Waals surface area contributed by atoms with Gasteiger partial charge in [-0.2, -0.15) is 0 Å². The normalized spacial score (nSPS) is 18.9. The molecule has 3 N–H and O–H groups in total. The SMILES string of the molecule is NC(=O)c1cccnc1O[C@H]1CC[C@H](Nc2nc(-c3ccccc3F)cs2)CC1. The molecule has 0 aliphatic heterocycles. The molecule has 4 rings (SSSR count). The zero-order valence-corrected chi connectivity index (χ0v) is 16.5. The summed E-state index contributed by atoms with van der Waals surface area (Å²) >= 11 is 1.47. The molecule has 1 amide bonds. The van der Waals surface area contributed by atoms with Crippen LogP contribution >= 0.6 is 11.3 Å². The molecule has 0 radical (unpaired) electrons. The maximum atomic E-state index is 13.9. The second kappa shape index (κ2) is 8.57. The van der Waals surface area contributed by atoms with E-state index in [0.717, 1.165) is 30.8 Å². The van der Waals surface area contributed by atoms with Gasteiger partial charge in [0.1, 0.15) is 17.5 Å². The number of nitrogens with zero attached hydrogens (tertiary/aromatic N) is 2. The van der Waals surface area contributed by atoms with E-state index in [2.05, 4.69) is 15.3 Å². The van der Waals surface area contributed by atoms with Crippen LogP contribution in [0.5, 0.6) is 5.88 Å². The number of nitrogens with one attached hydrogen (secondary N) is 1. The molecule has 2 aromatic heterocycles. The number of carbonyl (C=O) groups excluding carboxylic acids is 1. The summed E-state index contributed by atoms with van der Waals surface area (Å²) in [6, 6.07) is 10.2. The Hall–Kier alpha value is -3.00. The number of aromatic nitrogens is 2. The van der Waals surface area contributed by atoms with Gasteiger partial charge in [-0.1, -0.05) is 12.1 Å².